The number of thioether (sulfide) groups is 1. The van der Waals surface area contributed by atoms with E-state index in [0.29, 0.717) is 22.5 Å². The molecule has 0 saturated carbocycles. The lowest BCUT2D eigenvalue weighted by atomic mass is 10.2. The molecule has 94 valence electrons. The molecule has 18 heavy (non-hydrogen) atoms. The van der Waals surface area contributed by atoms with E-state index in [2.05, 4.69) is 10.1 Å². The third kappa shape index (κ3) is 2.03. The molecule has 6 heteroatoms. The summed E-state index contributed by atoms with van der Waals surface area (Å²) in [6.45, 7) is 0. The van der Waals surface area contributed by atoms with Crippen LogP contribution in [0.1, 0.15) is 23.9 Å². The summed E-state index contributed by atoms with van der Waals surface area (Å²) < 4.78 is 5.19. The number of hydrogen-bond acceptors (Lipinski definition) is 6. The predicted octanol–water partition coefficient (Wildman–Crippen LogP) is 2.72. The van der Waals surface area contributed by atoms with E-state index in [-0.39, 0.29) is 11.5 Å². The van der Waals surface area contributed by atoms with Crippen LogP contribution >= 0.6 is 11.8 Å². The Hall–Kier alpha value is -1.69. The van der Waals surface area contributed by atoms with E-state index in [1.54, 1.807) is 6.07 Å². The monoisotopic (exact) mass is 264 g/mol. The van der Waals surface area contributed by atoms with Crippen LogP contribution in [0.3, 0.4) is 0 Å². The Morgan fingerprint density at radius 2 is 2.17 bits per heavy atom. The normalized spacial score (nSPS) is 19.2. The van der Waals surface area contributed by atoms with Crippen LogP contribution in [0.15, 0.2) is 22.7 Å². The fourth-order valence-electron chi connectivity index (χ4n) is 1.92. The molecule has 3 rings (SSSR count). The summed E-state index contributed by atoms with van der Waals surface area (Å²) in [6, 6.07) is 4.45. The number of aromatic nitrogens is 2. The molecule has 2 aromatic rings. The van der Waals surface area contributed by atoms with Crippen molar-refractivity contribution in [2.75, 3.05) is 5.75 Å². The van der Waals surface area contributed by atoms with E-state index >= 15 is 0 Å². The van der Waals surface area contributed by atoms with Gasteiger partial charge in [-0.2, -0.15) is 16.7 Å². The van der Waals surface area contributed by atoms with Crippen LogP contribution in [-0.4, -0.2) is 26.1 Å². The van der Waals surface area contributed by atoms with E-state index in [1.807, 2.05) is 11.8 Å². The minimum absolute atomic E-state index is 0.162. The molecule has 2 N–H and O–H groups in total. The van der Waals surface area contributed by atoms with E-state index in [9.17, 15) is 10.2 Å². The van der Waals surface area contributed by atoms with Crippen LogP contribution in [0.4, 0.5) is 0 Å². The SMILES string of the molecule is Oc1ccc(-c2nc(C3CCCS3)no2)cc1O. The topological polar surface area (TPSA) is 79.4 Å². The molecule has 0 radical (unpaired) electrons. The third-order valence-corrected chi connectivity index (χ3v) is 4.26. The van der Waals surface area contributed by atoms with Gasteiger partial charge in [0, 0.05) is 5.56 Å². The zero-order valence-electron chi connectivity index (χ0n) is 9.54. The Kier molecular flexibility index (Phi) is 2.87. The van der Waals surface area contributed by atoms with Crippen molar-refractivity contribution in [1.29, 1.82) is 0 Å². The molecule has 0 aliphatic carbocycles. The van der Waals surface area contributed by atoms with Gasteiger partial charge in [0.2, 0.25) is 0 Å². The average Bonchev–Trinajstić information content (AvgIpc) is 3.01. The van der Waals surface area contributed by atoms with Gasteiger partial charge >= 0.3 is 0 Å². The van der Waals surface area contributed by atoms with Gasteiger partial charge in [-0.15, -0.1) is 0 Å². The fraction of sp³-hybridized carbons (Fsp3) is 0.333. The second kappa shape index (κ2) is 4.53. The highest BCUT2D eigenvalue weighted by Gasteiger charge is 2.23. The van der Waals surface area contributed by atoms with Crippen molar-refractivity contribution in [1.82, 2.24) is 10.1 Å². The van der Waals surface area contributed by atoms with Crippen molar-refractivity contribution < 1.29 is 14.7 Å². The van der Waals surface area contributed by atoms with Gasteiger partial charge in [0.05, 0.1) is 5.25 Å². The molecule has 1 aromatic heterocycles. The van der Waals surface area contributed by atoms with Crippen molar-refractivity contribution in [3.8, 4) is 23.0 Å². The first-order valence-corrected chi connectivity index (χ1v) is 6.76. The van der Waals surface area contributed by atoms with E-state index in [4.69, 9.17) is 4.52 Å². The Balaban J connectivity index is 1.89. The van der Waals surface area contributed by atoms with Crippen LogP contribution in [0.2, 0.25) is 0 Å². The summed E-state index contributed by atoms with van der Waals surface area (Å²) in [5.74, 6) is 1.86. The summed E-state index contributed by atoms with van der Waals surface area (Å²) in [7, 11) is 0. The molecule has 0 bridgehead atoms. The first-order valence-electron chi connectivity index (χ1n) is 5.71. The largest absolute Gasteiger partial charge is 0.504 e. The lowest BCUT2D eigenvalue weighted by molar-refractivity contribution is 0.402. The quantitative estimate of drug-likeness (QED) is 0.812. The molecule has 2 heterocycles. The number of nitrogens with zero attached hydrogens (tertiary/aromatic N) is 2. The number of benzene rings is 1. The van der Waals surface area contributed by atoms with E-state index < -0.39 is 0 Å². The number of aromatic hydroxyl groups is 2. The molecule has 1 unspecified atom stereocenters. The molecular formula is C12H12N2O3S. The van der Waals surface area contributed by atoms with Crippen LogP contribution in [0.5, 0.6) is 11.5 Å². The zero-order chi connectivity index (χ0) is 12.5. The first kappa shape index (κ1) is 11.4. The van der Waals surface area contributed by atoms with Gasteiger partial charge in [-0.25, -0.2) is 0 Å². The maximum atomic E-state index is 9.44. The zero-order valence-corrected chi connectivity index (χ0v) is 10.4. The lowest BCUT2D eigenvalue weighted by Crippen LogP contribution is -1.91. The van der Waals surface area contributed by atoms with E-state index in [0.717, 1.165) is 12.2 Å². The van der Waals surface area contributed by atoms with E-state index in [1.165, 1.54) is 18.6 Å². The minimum atomic E-state index is -0.192. The van der Waals surface area contributed by atoms with Crippen molar-refractivity contribution in [2.24, 2.45) is 0 Å². The number of phenols is 2. The molecule has 5 nitrogen and oxygen atoms in total. The van der Waals surface area contributed by atoms with Gasteiger partial charge in [-0.3, -0.25) is 0 Å². The van der Waals surface area contributed by atoms with Gasteiger partial charge in [0.1, 0.15) is 0 Å². The van der Waals surface area contributed by atoms with Gasteiger partial charge in [0.15, 0.2) is 17.3 Å². The highest BCUT2D eigenvalue weighted by molar-refractivity contribution is 7.99. The molecule has 1 aromatic carbocycles. The Morgan fingerprint density at radius 1 is 1.28 bits per heavy atom. The maximum Gasteiger partial charge on any atom is 0.258 e. The van der Waals surface area contributed by atoms with Crippen molar-refractivity contribution in [3.63, 3.8) is 0 Å². The number of rotatable bonds is 2. The summed E-state index contributed by atoms with van der Waals surface area (Å²) in [5, 5.41) is 23.0. The summed E-state index contributed by atoms with van der Waals surface area (Å²) in [5.41, 5.74) is 0.604. The third-order valence-electron chi connectivity index (χ3n) is 2.88. The van der Waals surface area contributed by atoms with Gasteiger partial charge in [-0.1, -0.05) is 5.16 Å². The van der Waals surface area contributed by atoms with Crippen LogP contribution in [0, 0.1) is 0 Å². The standard InChI is InChI=1S/C12H12N2O3S/c15-8-4-3-7(6-9(8)16)12-13-11(14-17-12)10-2-1-5-18-10/h3-4,6,10,15-16H,1-2,5H2. The second-order valence-electron chi connectivity index (χ2n) is 4.16. The Labute approximate surface area is 108 Å². The molecule has 1 aliphatic rings. The van der Waals surface area contributed by atoms with Gasteiger partial charge in [0.25, 0.3) is 5.89 Å². The molecular weight excluding hydrogens is 252 g/mol. The first-order chi connectivity index (χ1) is 8.74. The minimum Gasteiger partial charge on any atom is -0.504 e. The second-order valence-corrected chi connectivity index (χ2v) is 5.47. The highest BCUT2D eigenvalue weighted by Crippen LogP contribution is 2.39. The molecule has 1 saturated heterocycles. The average molecular weight is 264 g/mol. The van der Waals surface area contributed by atoms with Crippen molar-refractivity contribution in [3.05, 3.63) is 24.0 Å². The summed E-state index contributed by atoms with van der Waals surface area (Å²) >= 11 is 1.84. The molecule has 0 amide bonds. The number of phenolic OH excluding ortho intramolecular Hbond substituents is 2. The van der Waals surface area contributed by atoms with Crippen LogP contribution in [0.25, 0.3) is 11.5 Å². The predicted molar refractivity (Wildman–Crippen MR) is 67.5 cm³/mol. The van der Waals surface area contributed by atoms with Crippen LogP contribution in [-0.2, 0) is 0 Å². The summed E-state index contributed by atoms with van der Waals surface area (Å²) in [6.07, 6.45) is 2.25. The Morgan fingerprint density at radius 3 is 2.89 bits per heavy atom. The molecule has 1 aliphatic heterocycles. The number of hydrogen-bond donors (Lipinski definition) is 2. The highest BCUT2D eigenvalue weighted by atomic mass is 32.2. The molecule has 1 fully saturated rings. The van der Waals surface area contributed by atoms with Crippen LogP contribution < -0.4 is 0 Å². The molecule has 1 atom stereocenters. The summed E-state index contributed by atoms with van der Waals surface area (Å²) in [4.78, 5) is 4.34. The fourth-order valence-corrected chi connectivity index (χ4v) is 3.12. The maximum absolute atomic E-state index is 9.44. The lowest BCUT2D eigenvalue weighted by Gasteiger charge is -2.00. The van der Waals surface area contributed by atoms with Gasteiger partial charge < -0.3 is 14.7 Å². The molecule has 0 spiro atoms. The van der Waals surface area contributed by atoms with Crippen molar-refractivity contribution in [2.45, 2.75) is 18.1 Å². The smallest absolute Gasteiger partial charge is 0.258 e. The Bertz CT molecular complexity index is 564. The van der Waals surface area contributed by atoms with Crippen molar-refractivity contribution >= 4 is 11.8 Å². The van der Waals surface area contributed by atoms with Gasteiger partial charge in [-0.05, 0) is 36.8 Å².